The van der Waals surface area contributed by atoms with Gasteiger partial charge in [0, 0.05) is 10.2 Å². The Hall–Kier alpha value is -2.34. The summed E-state index contributed by atoms with van der Waals surface area (Å²) in [5.74, 6) is -0.976. The number of benzene rings is 2. The van der Waals surface area contributed by atoms with Crippen molar-refractivity contribution in [2.24, 2.45) is 0 Å². The van der Waals surface area contributed by atoms with Crippen LogP contribution < -0.4 is 10.6 Å². The highest BCUT2D eigenvalue weighted by molar-refractivity contribution is 9.10. The molecule has 2 rings (SSSR count). The smallest absolute Gasteiger partial charge is 0.255 e. The maximum Gasteiger partial charge on any atom is 0.255 e. The molecule has 0 saturated carbocycles. The van der Waals surface area contributed by atoms with Crippen LogP contribution in [-0.4, -0.2) is 23.5 Å². The van der Waals surface area contributed by atoms with Gasteiger partial charge in [-0.2, -0.15) is 0 Å². The number of aryl methyl sites for hydroxylation is 3. The minimum Gasteiger partial charge on any atom is -0.507 e. The minimum absolute atomic E-state index is 0.111. The van der Waals surface area contributed by atoms with E-state index in [0.29, 0.717) is 4.47 Å². The molecule has 0 aromatic heterocycles. The Bertz CT molecular complexity index is 780. The van der Waals surface area contributed by atoms with Gasteiger partial charge in [-0.05, 0) is 50.1 Å². The lowest BCUT2D eigenvalue weighted by atomic mass is 10.1. The van der Waals surface area contributed by atoms with E-state index in [9.17, 15) is 14.7 Å². The fourth-order valence-corrected chi connectivity index (χ4v) is 2.87. The molecule has 6 heteroatoms. The number of nitrogens with one attached hydrogen (secondary N) is 2. The van der Waals surface area contributed by atoms with Crippen molar-refractivity contribution < 1.29 is 14.7 Å². The molecule has 0 saturated heterocycles. The SMILES string of the molecule is Cc1cc(C)c(NC(=O)CNC(=O)c2cc(Br)ccc2O)c(C)c1. The normalized spacial score (nSPS) is 10.3. The Morgan fingerprint density at radius 3 is 2.33 bits per heavy atom. The topological polar surface area (TPSA) is 78.4 Å². The number of phenolic OH excluding ortho intramolecular Hbond substituents is 1. The van der Waals surface area contributed by atoms with E-state index in [1.54, 1.807) is 6.07 Å². The van der Waals surface area contributed by atoms with Crippen LogP contribution in [0.3, 0.4) is 0 Å². The summed E-state index contributed by atoms with van der Waals surface area (Å²) in [4.78, 5) is 24.2. The van der Waals surface area contributed by atoms with Crippen molar-refractivity contribution in [3.63, 3.8) is 0 Å². The number of hydrogen-bond donors (Lipinski definition) is 3. The molecule has 0 aliphatic carbocycles. The Balaban J connectivity index is 2.01. The van der Waals surface area contributed by atoms with Gasteiger partial charge in [0.25, 0.3) is 5.91 Å². The highest BCUT2D eigenvalue weighted by Crippen LogP contribution is 2.22. The molecule has 2 aromatic carbocycles. The lowest BCUT2D eigenvalue weighted by Gasteiger charge is -2.13. The molecule has 2 aromatic rings. The molecule has 24 heavy (non-hydrogen) atoms. The first-order valence-electron chi connectivity index (χ1n) is 7.42. The number of hydrogen-bond acceptors (Lipinski definition) is 3. The Morgan fingerprint density at radius 1 is 1.08 bits per heavy atom. The van der Waals surface area contributed by atoms with Crippen molar-refractivity contribution in [3.05, 3.63) is 57.1 Å². The summed E-state index contributed by atoms with van der Waals surface area (Å²) in [5.41, 5.74) is 3.93. The number of rotatable bonds is 4. The zero-order valence-electron chi connectivity index (χ0n) is 13.7. The van der Waals surface area contributed by atoms with E-state index in [0.717, 1.165) is 22.4 Å². The molecule has 5 nitrogen and oxygen atoms in total. The van der Waals surface area contributed by atoms with E-state index in [1.807, 2.05) is 32.9 Å². The second-order valence-corrected chi connectivity index (χ2v) is 6.58. The summed E-state index contributed by atoms with van der Waals surface area (Å²) < 4.78 is 0.667. The van der Waals surface area contributed by atoms with Crippen LogP contribution in [0.25, 0.3) is 0 Å². The molecular weight excluding hydrogens is 372 g/mol. The standard InChI is InChI=1S/C18H19BrN2O3/c1-10-6-11(2)17(12(3)7-10)21-16(23)9-20-18(24)14-8-13(19)4-5-15(14)22/h4-8,22H,9H2,1-3H3,(H,20,24)(H,21,23). The van der Waals surface area contributed by atoms with Gasteiger partial charge in [0.05, 0.1) is 12.1 Å². The van der Waals surface area contributed by atoms with Crippen molar-refractivity contribution in [3.8, 4) is 5.75 Å². The van der Waals surface area contributed by atoms with Gasteiger partial charge in [-0.15, -0.1) is 0 Å². The third-order valence-corrected chi connectivity index (χ3v) is 4.05. The average Bonchev–Trinajstić information content (AvgIpc) is 2.50. The van der Waals surface area contributed by atoms with Crippen molar-refractivity contribution in [1.82, 2.24) is 5.32 Å². The van der Waals surface area contributed by atoms with Crippen LogP contribution in [0.15, 0.2) is 34.8 Å². The molecular formula is C18H19BrN2O3. The van der Waals surface area contributed by atoms with E-state index in [4.69, 9.17) is 0 Å². The summed E-state index contributed by atoms with van der Waals surface area (Å²) >= 11 is 3.24. The van der Waals surface area contributed by atoms with Gasteiger partial charge in [-0.1, -0.05) is 33.6 Å². The van der Waals surface area contributed by atoms with E-state index < -0.39 is 5.91 Å². The summed E-state index contributed by atoms with van der Waals surface area (Å²) in [7, 11) is 0. The summed E-state index contributed by atoms with van der Waals surface area (Å²) in [5, 5.41) is 15.0. The molecule has 0 bridgehead atoms. The number of carbonyl (C=O) groups excluding carboxylic acids is 2. The summed E-state index contributed by atoms with van der Waals surface area (Å²) in [6.07, 6.45) is 0. The van der Waals surface area contributed by atoms with Gasteiger partial charge in [0.15, 0.2) is 0 Å². The van der Waals surface area contributed by atoms with Crippen molar-refractivity contribution in [2.45, 2.75) is 20.8 Å². The second-order valence-electron chi connectivity index (χ2n) is 5.67. The number of aromatic hydroxyl groups is 1. The van der Waals surface area contributed by atoms with Crippen LogP contribution in [0, 0.1) is 20.8 Å². The van der Waals surface area contributed by atoms with Crippen LogP contribution in [0.1, 0.15) is 27.0 Å². The van der Waals surface area contributed by atoms with Crippen LogP contribution in [0.4, 0.5) is 5.69 Å². The third kappa shape index (κ3) is 4.35. The molecule has 0 heterocycles. The molecule has 0 aliphatic rings. The highest BCUT2D eigenvalue weighted by Gasteiger charge is 2.14. The van der Waals surface area contributed by atoms with Gasteiger partial charge in [0.1, 0.15) is 5.75 Å². The van der Waals surface area contributed by atoms with Gasteiger partial charge in [0.2, 0.25) is 5.91 Å². The lowest BCUT2D eigenvalue weighted by molar-refractivity contribution is -0.115. The molecule has 0 spiro atoms. The van der Waals surface area contributed by atoms with E-state index in [-0.39, 0.29) is 23.8 Å². The molecule has 2 amide bonds. The first kappa shape index (κ1) is 18.0. The number of phenols is 1. The van der Waals surface area contributed by atoms with E-state index >= 15 is 0 Å². The Labute approximate surface area is 149 Å². The van der Waals surface area contributed by atoms with Crippen molar-refractivity contribution >= 4 is 33.4 Å². The first-order valence-corrected chi connectivity index (χ1v) is 8.21. The molecule has 126 valence electrons. The Morgan fingerprint density at radius 2 is 1.71 bits per heavy atom. The monoisotopic (exact) mass is 390 g/mol. The van der Waals surface area contributed by atoms with Gasteiger partial charge >= 0.3 is 0 Å². The maximum absolute atomic E-state index is 12.1. The fraction of sp³-hybridized carbons (Fsp3) is 0.222. The molecule has 0 aliphatic heterocycles. The minimum atomic E-state index is -0.513. The second kappa shape index (κ2) is 7.49. The van der Waals surface area contributed by atoms with Crippen LogP contribution in [0.2, 0.25) is 0 Å². The number of anilines is 1. The summed E-state index contributed by atoms with van der Waals surface area (Å²) in [6.45, 7) is 5.66. The fourth-order valence-electron chi connectivity index (χ4n) is 2.51. The quantitative estimate of drug-likeness (QED) is 0.747. The van der Waals surface area contributed by atoms with Crippen molar-refractivity contribution in [2.75, 3.05) is 11.9 Å². The third-order valence-electron chi connectivity index (χ3n) is 3.55. The zero-order valence-corrected chi connectivity index (χ0v) is 15.3. The molecule has 0 atom stereocenters. The number of halogens is 1. The van der Waals surface area contributed by atoms with Crippen LogP contribution in [-0.2, 0) is 4.79 Å². The Kier molecular flexibility index (Phi) is 5.62. The predicted molar refractivity (Wildman–Crippen MR) is 97.4 cm³/mol. The molecule has 3 N–H and O–H groups in total. The lowest BCUT2D eigenvalue weighted by Crippen LogP contribution is -2.33. The molecule has 0 unspecified atom stereocenters. The van der Waals surface area contributed by atoms with Crippen LogP contribution in [0.5, 0.6) is 5.75 Å². The zero-order chi connectivity index (χ0) is 17.9. The van der Waals surface area contributed by atoms with Gasteiger partial charge in [-0.25, -0.2) is 0 Å². The van der Waals surface area contributed by atoms with E-state index in [2.05, 4.69) is 26.6 Å². The van der Waals surface area contributed by atoms with Gasteiger partial charge < -0.3 is 15.7 Å². The van der Waals surface area contributed by atoms with Gasteiger partial charge in [-0.3, -0.25) is 9.59 Å². The molecule has 0 radical (unpaired) electrons. The summed E-state index contributed by atoms with van der Waals surface area (Å²) in [6, 6.07) is 8.51. The highest BCUT2D eigenvalue weighted by atomic mass is 79.9. The van der Waals surface area contributed by atoms with E-state index in [1.165, 1.54) is 12.1 Å². The first-order chi connectivity index (χ1) is 11.3. The molecule has 0 fully saturated rings. The number of amides is 2. The predicted octanol–water partition coefficient (Wildman–Crippen LogP) is 3.45. The van der Waals surface area contributed by atoms with Crippen LogP contribution >= 0.6 is 15.9 Å². The number of carbonyl (C=O) groups is 2. The largest absolute Gasteiger partial charge is 0.507 e. The van der Waals surface area contributed by atoms with Crippen molar-refractivity contribution in [1.29, 1.82) is 0 Å². The maximum atomic E-state index is 12.1. The average molecular weight is 391 g/mol.